The van der Waals surface area contributed by atoms with Crippen LogP contribution in [0.5, 0.6) is 0 Å². The molecular formula is C19H26F2N6O. The van der Waals surface area contributed by atoms with E-state index in [1.165, 1.54) is 18.2 Å². The quantitative estimate of drug-likeness (QED) is 0.581. The van der Waals surface area contributed by atoms with E-state index in [1.807, 2.05) is 13.8 Å². The molecule has 1 aromatic heterocycles. The lowest BCUT2D eigenvalue weighted by atomic mass is 10.2. The van der Waals surface area contributed by atoms with Gasteiger partial charge in [-0.1, -0.05) is 25.1 Å². The van der Waals surface area contributed by atoms with Crippen LogP contribution in [-0.4, -0.2) is 48.8 Å². The van der Waals surface area contributed by atoms with Crippen molar-refractivity contribution >= 4 is 11.6 Å². The fourth-order valence-corrected chi connectivity index (χ4v) is 3.15. The molecule has 1 saturated heterocycles. The first kappa shape index (κ1) is 20.0. The smallest absolute Gasteiger partial charge is 0.228 e. The van der Waals surface area contributed by atoms with Gasteiger partial charge in [0.15, 0.2) is 11.8 Å². The van der Waals surface area contributed by atoms with Crippen LogP contribution in [-0.2, 0) is 6.42 Å². The summed E-state index contributed by atoms with van der Waals surface area (Å²) < 4.78 is 33.2. The zero-order valence-corrected chi connectivity index (χ0v) is 16.4. The summed E-state index contributed by atoms with van der Waals surface area (Å²) in [6, 6.07) is 3.98. The molecule has 0 spiro atoms. The number of rotatable bonds is 6. The molecule has 2 N–H and O–H groups in total. The van der Waals surface area contributed by atoms with Crippen LogP contribution in [0.1, 0.15) is 37.9 Å². The lowest BCUT2D eigenvalue weighted by Crippen LogP contribution is -2.45. The van der Waals surface area contributed by atoms with E-state index >= 15 is 0 Å². The highest BCUT2D eigenvalue weighted by Gasteiger charge is 2.27. The maximum Gasteiger partial charge on any atom is 0.228 e. The Morgan fingerprint density at radius 3 is 2.75 bits per heavy atom. The molecule has 28 heavy (non-hydrogen) atoms. The fraction of sp³-hybridized carbons (Fsp3) is 0.526. The molecule has 9 heteroatoms. The standard InChI is InChI=1S/C19H26F2N6O/c1-12(2)18-25-16(28-26-18)7-9-23-19(22-3)24-13-8-10-27(11-13)17-14(20)5-4-6-15(17)21/h4-6,12-13H,7-11H2,1-3H3,(H2,22,23,24). The summed E-state index contributed by atoms with van der Waals surface area (Å²) in [5.41, 5.74) is 0.0343. The summed E-state index contributed by atoms with van der Waals surface area (Å²) in [6.07, 6.45) is 1.34. The minimum absolute atomic E-state index is 0.0343. The Labute approximate surface area is 163 Å². The molecule has 1 unspecified atom stereocenters. The number of anilines is 1. The maximum atomic E-state index is 14.0. The minimum atomic E-state index is -0.538. The van der Waals surface area contributed by atoms with Gasteiger partial charge in [-0.25, -0.2) is 8.78 Å². The van der Waals surface area contributed by atoms with Gasteiger partial charge >= 0.3 is 0 Å². The van der Waals surface area contributed by atoms with Gasteiger partial charge in [0.2, 0.25) is 5.89 Å². The van der Waals surface area contributed by atoms with Crippen LogP contribution in [0.25, 0.3) is 0 Å². The number of halogens is 2. The first-order valence-electron chi connectivity index (χ1n) is 9.46. The van der Waals surface area contributed by atoms with Crippen LogP contribution in [0.4, 0.5) is 14.5 Å². The number of aliphatic imine (C=N–C) groups is 1. The Morgan fingerprint density at radius 1 is 1.36 bits per heavy atom. The average molecular weight is 392 g/mol. The molecule has 0 radical (unpaired) electrons. The van der Waals surface area contributed by atoms with Crippen LogP contribution >= 0.6 is 0 Å². The van der Waals surface area contributed by atoms with Crippen molar-refractivity contribution in [2.45, 2.75) is 38.6 Å². The van der Waals surface area contributed by atoms with Gasteiger partial charge in [-0.3, -0.25) is 4.99 Å². The zero-order valence-electron chi connectivity index (χ0n) is 16.4. The number of aromatic nitrogens is 2. The van der Waals surface area contributed by atoms with Crippen molar-refractivity contribution in [3.63, 3.8) is 0 Å². The van der Waals surface area contributed by atoms with E-state index < -0.39 is 11.6 Å². The lowest BCUT2D eigenvalue weighted by Gasteiger charge is -2.21. The second-order valence-corrected chi connectivity index (χ2v) is 7.10. The zero-order chi connectivity index (χ0) is 20.1. The first-order valence-corrected chi connectivity index (χ1v) is 9.46. The van der Waals surface area contributed by atoms with Crippen molar-refractivity contribution in [1.82, 2.24) is 20.8 Å². The number of hydrogen-bond acceptors (Lipinski definition) is 5. The van der Waals surface area contributed by atoms with E-state index in [0.717, 1.165) is 6.42 Å². The van der Waals surface area contributed by atoms with Gasteiger partial charge in [0.25, 0.3) is 0 Å². The number of guanidine groups is 1. The van der Waals surface area contributed by atoms with E-state index in [0.29, 0.717) is 43.7 Å². The Morgan fingerprint density at radius 2 is 2.11 bits per heavy atom. The predicted octanol–water partition coefficient (Wildman–Crippen LogP) is 2.46. The number of para-hydroxylation sites is 1. The number of hydrogen-bond donors (Lipinski definition) is 2. The summed E-state index contributed by atoms with van der Waals surface area (Å²) in [5, 5.41) is 10.4. The lowest BCUT2D eigenvalue weighted by molar-refractivity contribution is 0.371. The maximum absolute atomic E-state index is 14.0. The number of nitrogens with zero attached hydrogens (tertiary/aromatic N) is 4. The van der Waals surface area contributed by atoms with Crippen molar-refractivity contribution in [3.8, 4) is 0 Å². The van der Waals surface area contributed by atoms with E-state index in [9.17, 15) is 8.78 Å². The molecule has 1 aliphatic heterocycles. The van der Waals surface area contributed by atoms with Crippen LogP contribution in [0.3, 0.4) is 0 Å². The van der Waals surface area contributed by atoms with Gasteiger partial charge in [0.05, 0.1) is 0 Å². The van der Waals surface area contributed by atoms with Crippen molar-refractivity contribution in [2.24, 2.45) is 4.99 Å². The van der Waals surface area contributed by atoms with E-state index in [4.69, 9.17) is 4.52 Å². The predicted molar refractivity (Wildman–Crippen MR) is 104 cm³/mol. The van der Waals surface area contributed by atoms with Crippen molar-refractivity contribution in [1.29, 1.82) is 0 Å². The van der Waals surface area contributed by atoms with Gasteiger partial charge in [0, 0.05) is 45.1 Å². The Bertz CT molecular complexity index is 802. The highest BCUT2D eigenvalue weighted by atomic mass is 19.1. The molecule has 7 nitrogen and oxygen atoms in total. The van der Waals surface area contributed by atoms with E-state index in [-0.39, 0.29) is 17.6 Å². The number of nitrogens with one attached hydrogen (secondary N) is 2. The minimum Gasteiger partial charge on any atom is -0.365 e. The SMILES string of the molecule is CN=C(NCCc1nc(C(C)C)no1)NC1CCN(c2c(F)cccc2F)C1. The van der Waals surface area contributed by atoms with Crippen molar-refractivity contribution < 1.29 is 13.3 Å². The van der Waals surface area contributed by atoms with Gasteiger partial charge in [-0.15, -0.1) is 0 Å². The topological polar surface area (TPSA) is 78.6 Å². The summed E-state index contributed by atoms with van der Waals surface area (Å²) in [5.74, 6) is 1.05. The van der Waals surface area contributed by atoms with Crippen LogP contribution < -0.4 is 15.5 Å². The number of benzene rings is 1. The third-order valence-corrected chi connectivity index (χ3v) is 4.64. The van der Waals surface area contributed by atoms with Gasteiger partial charge in [-0.2, -0.15) is 4.98 Å². The van der Waals surface area contributed by atoms with Crippen LogP contribution in [0.2, 0.25) is 0 Å². The second kappa shape index (κ2) is 8.99. The summed E-state index contributed by atoms with van der Waals surface area (Å²) in [6.45, 7) is 5.68. The summed E-state index contributed by atoms with van der Waals surface area (Å²) in [7, 11) is 1.68. The molecule has 0 bridgehead atoms. The Balaban J connectivity index is 1.48. The fourth-order valence-electron chi connectivity index (χ4n) is 3.15. The molecule has 1 aliphatic rings. The van der Waals surface area contributed by atoms with Crippen molar-refractivity contribution in [3.05, 3.63) is 41.5 Å². The molecule has 1 atom stereocenters. The van der Waals surface area contributed by atoms with E-state index in [1.54, 1.807) is 11.9 Å². The Hall–Kier alpha value is -2.71. The summed E-state index contributed by atoms with van der Waals surface area (Å²) in [4.78, 5) is 10.3. The molecule has 0 aliphatic carbocycles. The normalized spacial score (nSPS) is 17.4. The molecule has 3 rings (SSSR count). The molecule has 0 amide bonds. The average Bonchev–Trinajstić information content (AvgIpc) is 3.31. The second-order valence-electron chi connectivity index (χ2n) is 7.10. The Kier molecular flexibility index (Phi) is 6.43. The molecule has 2 aromatic rings. The van der Waals surface area contributed by atoms with Gasteiger partial charge in [-0.05, 0) is 18.6 Å². The summed E-state index contributed by atoms with van der Waals surface area (Å²) >= 11 is 0. The molecular weight excluding hydrogens is 366 g/mol. The highest BCUT2D eigenvalue weighted by molar-refractivity contribution is 5.80. The van der Waals surface area contributed by atoms with E-state index in [2.05, 4.69) is 25.8 Å². The molecule has 1 aromatic carbocycles. The van der Waals surface area contributed by atoms with Crippen LogP contribution in [0.15, 0.2) is 27.7 Å². The molecule has 152 valence electrons. The van der Waals surface area contributed by atoms with Gasteiger partial charge < -0.3 is 20.1 Å². The molecule has 1 fully saturated rings. The van der Waals surface area contributed by atoms with Crippen molar-refractivity contribution in [2.75, 3.05) is 31.6 Å². The highest BCUT2D eigenvalue weighted by Crippen LogP contribution is 2.26. The molecule has 0 saturated carbocycles. The molecule has 2 heterocycles. The largest absolute Gasteiger partial charge is 0.365 e. The van der Waals surface area contributed by atoms with Crippen LogP contribution in [0, 0.1) is 11.6 Å². The third-order valence-electron chi connectivity index (χ3n) is 4.64. The first-order chi connectivity index (χ1) is 13.5. The van der Waals surface area contributed by atoms with Gasteiger partial charge in [0.1, 0.15) is 17.3 Å². The third kappa shape index (κ3) is 4.76. The monoisotopic (exact) mass is 392 g/mol.